The summed E-state index contributed by atoms with van der Waals surface area (Å²) in [6.45, 7) is 2.39. The molecule has 0 radical (unpaired) electrons. The predicted molar refractivity (Wildman–Crippen MR) is 73.7 cm³/mol. The summed E-state index contributed by atoms with van der Waals surface area (Å²) in [5.41, 5.74) is 1.05. The molecule has 0 aliphatic carbocycles. The minimum atomic E-state index is -0.715. The minimum absolute atomic E-state index is 0.0214. The van der Waals surface area contributed by atoms with Crippen molar-refractivity contribution in [1.82, 2.24) is 0 Å². The van der Waals surface area contributed by atoms with E-state index in [1.807, 2.05) is 4.90 Å². The van der Waals surface area contributed by atoms with E-state index in [4.69, 9.17) is 0 Å². The molecule has 2 atom stereocenters. The van der Waals surface area contributed by atoms with Crippen LogP contribution >= 0.6 is 0 Å². The smallest absolute Gasteiger partial charge is 0.146 e. The fourth-order valence-corrected chi connectivity index (χ4v) is 2.83. The molecule has 1 unspecified atom stereocenters. The van der Waals surface area contributed by atoms with Gasteiger partial charge < -0.3 is 15.1 Å². The first-order valence-electron chi connectivity index (χ1n) is 6.99. The van der Waals surface area contributed by atoms with E-state index in [1.165, 1.54) is 6.07 Å². The van der Waals surface area contributed by atoms with Crippen LogP contribution < -0.4 is 4.90 Å². The van der Waals surface area contributed by atoms with Gasteiger partial charge in [0.25, 0.3) is 0 Å². The molecule has 1 saturated heterocycles. The van der Waals surface area contributed by atoms with Crippen LogP contribution in [0.25, 0.3) is 0 Å². The quantitative estimate of drug-likeness (QED) is 0.884. The zero-order valence-electron chi connectivity index (χ0n) is 11.3. The van der Waals surface area contributed by atoms with Gasteiger partial charge in [-0.05, 0) is 25.8 Å². The maximum Gasteiger partial charge on any atom is 0.146 e. The Kier molecular flexibility index (Phi) is 4.77. The van der Waals surface area contributed by atoms with E-state index >= 15 is 0 Å². The zero-order valence-corrected chi connectivity index (χ0v) is 11.3. The first-order valence-corrected chi connectivity index (χ1v) is 6.99. The highest BCUT2D eigenvalue weighted by Crippen LogP contribution is 2.33. The molecule has 4 heteroatoms. The molecule has 0 bridgehead atoms. The standard InChI is InChI=1S/C15H22FNO2/c1-11(19)13-7-5-8-14(16)15(13)17-9-4-2-3-6-12(17)10-18/h5,7-8,11-12,18-19H,2-4,6,9-10H2,1H3/t11-,12?/m0/s1. The Balaban J connectivity index is 2.42. The number of benzene rings is 1. The van der Waals surface area contributed by atoms with Crippen molar-refractivity contribution in [1.29, 1.82) is 0 Å². The van der Waals surface area contributed by atoms with Crippen molar-refractivity contribution in [3.8, 4) is 0 Å². The molecule has 0 spiro atoms. The van der Waals surface area contributed by atoms with Gasteiger partial charge in [-0.2, -0.15) is 0 Å². The van der Waals surface area contributed by atoms with Crippen molar-refractivity contribution in [2.75, 3.05) is 18.1 Å². The van der Waals surface area contributed by atoms with Gasteiger partial charge >= 0.3 is 0 Å². The third-order valence-electron chi connectivity index (χ3n) is 3.84. The number of anilines is 1. The SMILES string of the molecule is C[C@H](O)c1cccc(F)c1N1CCCCCC1CO. The van der Waals surface area contributed by atoms with E-state index in [0.29, 0.717) is 11.3 Å². The number of para-hydroxylation sites is 1. The highest BCUT2D eigenvalue weighted by atomic mass is 19.1. The summed E-state index contributed by atoms with van der Waals surface area (Å²) in [5.74, 6) is -0.321. The van der Waals surface area contributed by atoms with Crippen LogP contribution in [-0.4, -0.2) is 29.4 Å². The van der Waals surface area contributed by atoms with Crippen LogP contribution in [0.2, 0.25) is 0 Å². The third-order valence-corrected chi connectivity index (χ3v) is 3.84. The van der Waals surface area contributed by atoms with Crippen LogP contribution in [0.5, 0.6) is 0 Å². The molecular weight excluding hydrogens is 245 g/mol. The van der Waals surface area contributed by atoms with Gasteiger partial charge in [-0.25, -0.2) is 4.39 Å². The summed E-state index contributed by atoms with van der Waals surface area (Å²) in [4.78, 5) is 1.93. The summed E-state index contributed by atoms with van der Waals surface area (Å²) in [5, 5.41) is 19.4. The molecule has 0 saturated carbocycles. The molecule has 1 aliphatic heterocycles. The molecule has 1 aliphatic rings. The minimum Gasteiger partial charge on any atom is -0.394 e. The molecule has 1 heterocycles. The average molecular weight is 267 g/mol. The Labute approximate surface area is 113 Å². The van der Waals surface area contributed by atoms with Crippen LogP contribution in [0.15, 0.2) is 18.2 Å². The Hall–Kier alpha value is -1.13. The van der Waals surface area contributed by atoms with E-state index in [-0.39, 0.29) is 18.5 Å². The number of hydrogen-bond acceptors (Lipinski definition) is 3. The number of hydrogen-bond donors (Lipinski definition) is 2. The van der Waals surface area contributed by atoms with Gasteiger partial charge in [-0.3, -0.25) is 0 Å². The van der Waals surface area contributed by atoms with Crippen LogP contribution in [0.3, 0.4) is 0 Å². The Morgan fingerprint density at radius 2 is 2.16 bits per heavy atom. The summed E-state index contributed by atoms with van der Waals surface area (Å²) in [7, 11) is 0. The van der Waals surface area contributed by atoms with Crippen molar-refractivity contribution in [3.05, 3.63) is 29.6 Å². The second-order valence-corrected chi connectivity index (χ2v) is 5.23. The molecule has 1 fully saturated rings. The molecule has 2 rings (SSSR count). The maximum atomic E-state index is 14.2. The van der Waals surface area contributed by atoms with E-state index in [9.17, 15) is 14.6 Å². The molecule has 3 nitrogen and oxygen atoms in total. The van der Waals surface area contributed by atoms with E-state index in [1.54, 1.807) is 19.1 Å². The van der Waals surface area contributed by atoms with Crippen molar-refractivity contribution in [2.24, 2.45) is 0 Å². The summed E-state index contributed by atoms with van der Waals surface area (Å²) in [6, 6.07) is 4.73. The summed E-state index contributed by atoms with van der Waals surface area (Å²) in [6.07, 6.45) is 3.30. The lowest BCUT2D eigenvalue weighted by molar-refractivity contribution is 0.198. The molecular formula is C15H22FNO2. The Bertz CT molecular complexity index is 423. The molecule has 1 aromatic rings. The number of aliphatic hydroxyl groups excluding tert-OH is 2. The van der Waals surface area contributed by atoms with E-state index < -0.39 is 6.10 Å². The van der Waals surface area contributed by atoms with Gasteiger partial charge in [-0.1, -0.05) is 25.0 Å². The fraction of sp³-hybridized carbons (Fsp3) is 0.600. The van der Waals surface area contributed by atoms with Crippen LogP contribution in [0.1, 0.15) is 44.3 Å². The molecule has 19 heavy (non-hydrogen) atoms. The van der Waals surface area contributed by atoms with Gasteiger partial charge in [0.2, 0.25) is 0 Å². The van der Waals surface area contributed by atoms with Crippen LogP contribution in [-0.2, 0) is 0 Å². The van der Waals surface area contributed by atoms with Crippen LogP contribution in [0.4, 0.5) is 10.1 Å². The van der Waals surface area contributed by atoms with Gasteiger partial charge in [0, 0.05) is 12.1 Å². The normalized spacial score (nSPS) is 22.1. The van der Waals surface area contributed by atoms with Crippen LogP contribution in [0, 0.1) is 5.82 Å². The Morgan fingerprint density at radius 3 is 2.84 bits per heavy atom. The highest BCUT2D eigenvalue weighted by Gasteiger charge is 2.26. The van der Waals surface area contributed by atoms with E-state index in [2.05, 4.69) is 0 Å². The number of aliphatic hydroxyl groups is 2. The third kappa shape index (κ3) is 3.07. The molecule has 0 aromatic heterocycles. The van der Waals surface area contributed by atoms with Gasteiger partial charge in [0.05, 0.1) is 24.4 Å². The zero-order chi connectivity index (χ0) is 13.8. The second kappa shape index (κ2) is 6.35. The fourth-order valence-electron chi connectivity index (χ4n) is 2.83. The van der Waals surface area contributed by atoms with Gasteiger partial charge in [-0.15, -0.1) is 0 Å². The topological polar surface area (TPSA) is 43.7 Å². The largest absolute Gasteiger partial charge is 0.394 e. The maximum absolute atomic E-state index is 14.2. The average Bonchev–Trinajstić information content (AvgIpc) is 2.63. The second-order valence-electron chi connectivity index (χ2n) is 5.23. The first kappa shape index (κ1) is 14.3. The lowest BCUT2D eigenvalue weighted by atomic mass is 10.0. The predicted octanol–water partition coefficient (Wildman–Crippen LogP) is 2.62. The van der Waals surface area contributed by atoms with Gasteiger partial charge in [0.1, 0.15) is 5.82 Å². The van der Waals surface area contributed by atoms with Crippen molar-refractivity contribution < 1.29 is 14.6 Å². The number of nitrogens with zero attached hydrogens (tertiary/aromatic N) is 1. The molecule has 2 N–H and O–H groups in total. The van der Waals surface area contributed by atoms with Gasteiger partial charge in [0.15, 0.2) is 0 Å². The molecule has 1 aromatic carbocycles. The highest BCUT2D eigenvalue weighted by molar-refractivity contribution is 5.56. The lowest BCUT2D eigenvalue weighted by Gasteiger charge is -2.33. The van der Waals surface area contributed by atoms with Crippen molar-refractivity contribution in [2.45, 2.75) is 44.8 Å². The van der Waals surface area contributed by atoms with Crippen molar-refractivity contribution >= 4 is 5.69 Å². The number of rotatable bonds is 3. The summed E-state index contributed by atoms with van der Waals surface area (Å²) >= 11 is 0. The van der Waals surface area contributed by atoms with E-state index in [0.717, 1.165) is 32.2 Å². The Morgan fingerprint density at radius 1 is 1.37 bits per heavy atom. The molecule has 0 amide bonds. The monoisotopic (exact) mass is 267 g/mol. The number of halogens is 1. The first-order chi connectivity index (χ1) is 9.15. The summed E-state index contributed by atoms with van der Waals surface area (Å²) < 4.78 is 14.2. The lowest BCUT2D eigenvalue weighted by Crippen LogP contribution is -2.39. The molecule has 106 valence electrons. The van der Waals surface area contributed by atoms with Crippen molar-refractivity contribution in [3.63, 3.8) is 0 Å².